The van der Waals surface area contributed by atoms with Crippen LogP contribution in [-0.2, 0) is 4.84 Å². The lowest BCUT2D eigenvalue weighted by Crippen LogP contribution is -1.98. The molecule has 80 valence electrons. The lowest BCUT2D eigenvalue weighted by atomic mass is 10.2. The Morgan fingerprint density at radius 3 is 2.69 bits per heavy atom. The van der Waals surface area contributed by atoms with Gasteiger partial charge in [-0.25, -0.2) is 4.79 Å². The molecule has 0 saturated heterocycles. The van der Waals surface area contributed by atoms with E-state index in [1.807, 2.05) is 30.3 Å². The second-order valence-corrected chi connectivity index (χ2v) is 3.00. The van der Waals surface area contributed by atoms with E-state index in [-0.39, 0.29) is 5.76 Å². The van der Waals surface area contributed by atoms with Gasteiger partial charge in [-0.1, -0.05) is 35.5 Å². The third kappa shape index (κ3) is 2.57. The van der Waals surface area contributed by atoms with E-state index in [2.05, 4.69) is 9.99 Å². The van der Waals surface area contributed by atoms with Crippen LogP contribution in [0.2, 0.25) is 0 Å². The monoisotopic (exact) mass is 215 g/mol. The topological polar surface area (TPSA) is 51.8 Å². The molecule has 0 aliphatic heterocycles. The second-order valence-electron chi connectivity index (χ2n) is 3.00. The van der Waals surface area contributed by atoms with Gasteiger partial charge in [0.1, 0.15) is 0 Å². The number of carbonyl (C=O) groups is 1. The van der Waals surface area contributed by atoms with Gasteiger partial charge in [-0.15, -0.1) is 0 Å². The van der Waals surface area contributed by atoms with Crippen LogP contribution >= 0.6 is 0 Å². The fourth-order valence-corrected chi connectivity index (χ4v) is 1.11. The highest BCUT2D eigenvalue weighted by Gasteiger charge is 2.08. The first-order chi connectivity index (χ1) is 7.86. The van der Waals surface area contributed by atoms with Gasteiger partial charge in [-0.3, -0.25) is 0 Å². The van der Waals surface area contributed by atoms with Gasteiger partial charge in [0.15, 0.2) is 0 Å². The van der Waals surface area contributed by atoms with Gasteiger partial charge in [-0.2, -0.15) is 0 Å². The first-order valence-corrected chi connectivity index (χ1v) is 4.69. The van der Waals surface area contributed by atoms with Crippen molar-refractivity contribution in [3.05, 3.63) is 60.1 Å². The quantitative estimate of drug-likeness (QED) is 0.449. The molecule has 16 heavy (non-hydrogen) atoms. The SMILES string of the molecule is O=C(ON=Cc1ccccc1)c1ccco1. The molecule has 0 bridgehead atoms. The molecule has 0 unspecified atom stereocenters. The van der Waals surface area contributed by atoms with E-state index < -0.39 is 5.97 Å². The Morgan fingerprint density at radius 1 is 1.19 bits per heavy atom. The van der Waals surface area contributed by atoms with E-state index in [0.717, 1.165) is 5.56 Å². The van der Waals surface area contributed by atoms with Crippen LogP contribution in [0, 0.1) is 0 Å². The molecular weight excluding hydrogens is 206 g/mol. The molecule has 4 nitrogen and oxygen atoms in total. The molecule has 0 spiro atoms. The summed E-state index contributed by atoms with van der Waals surface area (Å²) in [6.45, 7) is 0. The van der Waals surface area contributed by atoms with Crippen LogP contribution in [0.1, 0.15) is 16.1 Å². The number of hydrogen-bond donors (Lipinski definition) is 0. The summed E-state index contributed by atoms with van der Waals surface area (Å²) in [5.74, 6) is -0.484. The zero-order valence-electron chi connectivity index (χ0n) is 8.37. The Morgan fingerprint density at radius 2 is 2.00 bits per heavy atom. The Balaban J connectivity index is 1.93. The van der Waals surface area contributed by atoms with E-state index in [0.29, 0.717) is 0 Å². The molecule has 0 fully saturated rings. The molecule has 0 atom stereocenters. The van der Waals surface area contributed by atoms with Crippen LogP contribution < -0.4 is 0 Å². The summed E-state index contributed by atoms with van der Waals surface area (Å²) in [5.41, 5.74) is 0.856. The fraction of sp³-hybridized carbons (Fsp3) is 0. The third-order valence-electron chi connectivity index (χ3n) is 1.86. The summed E-state index contributed by atoms with van der Waals surface area (Å²) >= 11 is 0. The van der Waals surface area contributed by atoms with Crippen molar-refractivity contribution < 1.29 is 14.0 Å². The molecule has 0 N–H and O–H groups in total. The minimum atomic E-state index is -0.614. The predicted octanol–water partition coefficient (Wildman–Crippen LogP) is 2.47. The number of nitrogens with zero attached hydrogens (tertiary/aromatic N) is 1. The minimum Gasteiger partial charge on any atom is -0.457 e. The molecule has 0 radical (unpaired) electrons. The summed E-state index contributed by atoms with van der Waals surface area (Å²) in [5, 5.41) is 3.56. The Kier molecular flexibility index (Phi) is 3.13. The van der Waals surface area contributed by atoms with Crippen molar-refractivity contribution in [1.29, 1.82) is 0 Å². The van der Waals surface area contributed by atoms with Gasteiger partial charge >= 0.3 is 5.97 Å². The number of rotatable bonds is 3. The number of furan rings is 1. The smallest absolute Gasteiger partial charge is 0.400 e. The Bertz CT molecular complexity index is 474. The Hall–Kier alpha value is -2.36. The van der Waals surface area contributed by atoms with Gasteiger partial charge in [-0.05, 0) is 17.7 Å². The summed E-state index contributed by atoms with van der Waals surface area (Å²) in [7, 11) is 0. The number of hydrogen-bond acceptors (Lipinski definition) is 4. The molecule has 2 aromatic rings. The molecular formula is C12H9NO3. The number of carbonyl (C=O) groups excluding carboxylic acids is 1. The molecule has 0 aliphatic rings. The van der Waals surface area contributed by atoms with Crippen LogP contribution in [0.3, 0.4) is 0 Å². The number of benzene rings is 1. The van der Waals surface area contributed by atoms with E-state index in [9.17, 15) is 4.79 Å². The maximum absolute atomic E-state index is 11.3. The largest absolute Gasteiger partial charge is 0.457 e. The summed E-state index contributed by atoms with van der Waals surface area (Å²) in [4.78, 5) is 15.9. The normalized spacial score (nSPS) is 10.5. The van der Waals surface area contributed by atoms with Crippen molar-refractivity contribution in [2.45, 2.75) is 0 Å². The molecule has 0 saturated carbocycles. The van der Waals surface area contributed by atoms with Crippen LogP contribution in [0.5, 0.6) is 0 Å². The molecule has 1 aromatic carbocycles. The fourth-order valence-electron chi connectivity index (χ4n) is 1.11. The molecule has 4 heteroatoms. The zero-order chi connectivity index (χ0) is 11.2. The van der Waals surface area contributed by atoms with Crippen LogP contribution in [-0.4, -0.2) is 12.2 Å². The summed E-state index contributed by atoms with van der Waals surface area (Å²) in [6.07, 6.45) is 2.86. The predicted molar refractivity (Wildman–Crippen MR) is 58.2 cm³/mol. The minimum absolute atomic E-state index is 0.130. The summed E-state index contributed by atoms with van der Waals surface area (Å²) < 4.78 is 4.85. The first-order valence-electron chi connectivity index (χ1n) is 4.69. The van der Waals surface area contributed by atoms with Gasteiger partial charge in [0, 0.05) is 0 Å². The summed E-state index contributed by atoms with van der Waals surface area (Å²) in [6, 6.07) is 12.5. The van der Waals surface area contributed by atoms with E-state index >= 15 is 0 Å². The van der Waals surface area contributed by atoms with Crippen LogP contribution in [0.4, 0.5) is 0 Å². The van der Waals surface area contributed by atoms with Gasteiger partial charge in [0.25, 0.3) is 0 Å². The highest BCUT2D eigenvalue weighted by molar-refractivity contribution is 5.87. The van der Waals surface area contributed by atoms with E-state index in [4.69, 9.17) is 4.42 Å². The Labute approximate surface area is 92.1 Å². The lowest BCUT2D eigenvalue weighted by Gasteiger charge is -1.93. The highest BCUT2D eigenvalue weighted by Crippen LogP contribution is 2.02. The van der Waals surface area contributed by atoms with E-state index in [1.54, 1.807) is 6.07 Å². The van der Waals surface area contributed by atoms with Crippen molar-refractivity contribution >= 4 is 12.2 Å². The van der Waals surface area contributed by atoms with Crippen LogP contribution in [0.15, 0.2) is 58.3 Å². The molecule has 0 amide bonds. The second kappa shape index (κ2) is 4.93. The zero-order valence-corrected chi connectivity index (χ0v) is 8.37. The standard InChI is InChI=1S/C12H9NO3/c14-12(11-7-4-8-15-11)16-13-9-10-5-2-1-3-6-10/h1-9H. The first kappa shape index (κ1) is 10.2. The average Bonchev–Trinajstić information content (AvgIpc) is 2.84. The van der Waals surface area contributed by atoms with Crippen molar-refractivity contribution in [2.75, 3.05) is 0 Å². The van der Waals surface area contributed by atoms with E-state index in [1.165, 1.54) is 18.5 Å². The van der Waals surface area contributed by atoms with Gasteiger partial charge in [0.2, 0.25) is 5.76 Å². The van der Waals surface area contributed by atoms with Gasteiger partial charge in [0.05, 0.1) is 12.5 Å². The van der Waals surface area contributed by atoms with Crippen molar-refractivity contribution in [3.63, 3.8) is 0 Å². The maximum Gasteiger partial charge on any atom is 0.400 e. The van der Waals surface area contributed by atoms with Crippen LogP contribution in [0.25, 0.3) is 0 Å². The third-order valence-corrected chi connectivity index (χ3v) is 1.86. The molecule has 0 aliphatic carbocycles. The average molecular weight is 215 g/mol. The molecule has 2 rings (SSSR count). The van der Waals surface area contributed by atoms with Gasteiger partial charge < -0.3 is 9.25 Å². The van der Waals surface area contributed by atoms with Crippen molar-refractivity contribution in [1.82, 2.24) is 0 Å². The lowest BCUT2D eigenvalue weighted by molar-refractivity contribution is 0.0483. The van der Waals surface area contributed by atoms with Crippen molar-refractivity contribution in [3.8, 4) is 0 Å². The highest BCUT2D eigenvalue weighted by atomic mass is 16.7. The number of oxime groups is 1. The maximum atomic E-state index is 11.3. The van der Waals surface area contributed by atoms with Crippen molar-refractivity contribution in [2.24, 2.45) is 5.16 Å². The molecule has 1 aromatic heterocycles. The molecule has 1 heterocycles.